The Bertz CT molecular complexity index is 982. The molecular formula is C18H19N3O4S. The molecule has 0 bridgehead atoms. The molecule has 3 aromatic rings. The van der Waals surface area contributed by atoms with Crippen LogP contribution in [0.5, 0.6) is 5.75 Å². The summed E-state index contributed by atoms with van der Waals surface area (Å²) in [4.78, 5) is 0.171. The Morgan fingerprint density at radius 3 is 2.50 bits per heavy atom. The Morgan fingerprint density at radius 2 is 1.81 bits per heavy atom. The third-order valence-electron chi connectivity index (χ3n) is 3.84. The van der Waals surface area contributed by atoms with E-state index in [9.17, 15) is 8.42 Å². The molecule has 26 heavy (non-hydrogen) atoms. The number of hydrogen-bond donors (Lipinski definition) is 1. The summed E-state index contributed by atoms with van der Waals surface area (Å²) in [7, 11) is -2.08. The summed E-state index contributed by atoms with van der Waals surface area (Å²) >= 11 is 0. The van der Waals surface area contributed by atoms with E-state index >= 15 is 0 Å². The topological polar surface area (TPSA) is 94.3 Å². The number of sulfonamides is 1. The van der Waals surface area contributed by atoms with Gasteiger partial charge in [-0.1, -0.05) is 18.2 Å². The zero-order chi connectivity index (χ0) is 18.6. The average Bonchev–Trinajstić information content (AvgIpc) is 3.10. The summed E-state index contributed by atoms with van der Waals surface area (Å²) in [6.45, 7) is 2.12. The van der Waals surface area contributed by atoms with Crippen LogP contribution in [0.3, 0.4) is 0 Å². The normalized spacial score (nSPS) is 11.5. The van der Waals surface area contributed by atoms with E-state index in [-0.39, 0.29) is 11.4 Å². The van der Waals surface area contributed by atoms with Crippen LogP contribution in [0.2, 0.25) is 0 Å². The van der Waals surface area contributed by atoms with Crippen LogP contribution in [-0.4, -0.2) is 32.3 Å². The predicted octanol–water partition coefficient (Wildman–Crippen LogP) is 2.57. The van der Waals surface area contributed by atoms with Gasteiger partial charge in [-0.3, -0.25) is 0 Å². The molecule has 0 radical (unpaired) electrons. The summed E-state index contributed by atoms with van der Waals surface area (Å²) in [5, 5.41) is 8.01. The predicted molar refractivity (Wildman–Crippen MR) is 96.4 cm³/mol. The number of aromatic nitrogens is 2. The zero-order valence-electron chi connectivity index (χ0n) is 14.5. The highest BCUT2D eigenvalue weighted by Crippen LogP contribution is 2.21. The maximum atomic E-state index is 12.3. The van der Waals surface area contributed by atoms with Gasteiger partial charge in [0.2, 0.25) is 21.8 Å². The van der Waals surface area contributed by atoms with Gasteiger partial charge in [0.15, 0.2) is 0 Å². The van der Waals surface area contributed by atoms with Crippen molar-refractivity contribution < 1.29 is 17.6 Å². The van der Waals surface area contributed by atoms with Gasteiger partial charge in [-0.05, 0) is 42.8 Å². The molecular weight excluding hydrogens is 354 g/mol. The number of hydrogen-bond acceptors (Lipinski definition) is 6. The van der Waals surface area contributed by atoms with E-state index in [0.29, 0.717) is 24.0 Å². The lowest BCUT2D eigenvalue weighted by molar-refractivity contribution is 0.414. The minimum atomic E-state index is -3.60. The number of methoxy groups -OCH3 is 1. The molecule has 0 aliphatic rings. The molecule has 0 unspecified atom stereocenters. The molecule has 0 aliphatic carbocycles. The van der Waals surface area contributed by atoms with Gasteiger partial charge in [-0.25, -0.2) is 13.1 Å². The first-order valence-electron chi connectivity index (χ1n) is 8.02. The highest BCUT2D eigenvalue weighted by Gasteiger charge is 2.15. The number of nitrogens with zero attached hydrogens (tertiary/aromatic N) is 2. The van der Waals surface area contributed by atoms with Crippen molar-refractivity contribution in [3.63, 3.8) is 0 Å². The Labute approximate surface area is 152 Å². The monoisotopic (exact) mass is 373 g/mol. The first-order valence-corrected chi connectivity index (χ1v) is 9.50. The molecule has 8 heteroatoms. The molecule has 1 N–H and O–H groups in total. The lowest BCUT2D eigenvalue weighted by Gasteiger charge is -2.06. The summed E-state index contributed by atoms with van der Waals surface area (Å²) in [5.41, 5.74) is 1.90. The SMILES string of the molecule is COc1ccc(S(=O)(=O)NCCc2nnc(-c3ccccc3C)o2)cc1. The van der Waals surface area contributed by atoms with Crippen molar-refractivity contribution in [2.75, 3.05) is 13.7 Å². The molecule has 2 aromatic carbocycles. The van der Waals surface area contributed by atoms with Gasteiger partial charge in [-0.15, -0.1) is 10.2 Å². The third kappa shape index (κ3) is 4.09. The summed E-state index contributed by atoms with van der Waals surface area (Å²) < 4.78 is 37.7. The highest BCUT2D eigenvalue weighted by atomic mass is 32.2. The van der Waals surface area contributed by atoms with Crippen molar-refractivity contribution in [2.24, 2.45) is 0 Å². The van der Waals surface area contributed by atoms with Crippen LogP contribution in [0.15, 0.2) is 57.8 Å². The van der Waals surface area contributed by atoms with Gasteiger partial charge in [0.05, 0.1) is 12.0 Å². The number of nitrogens with one attached hydrogen (secondary N) is 1. The Balaban J connectivity index is 1.62. The second-order valence-corrected chi connectivity index (χ2v) is 7.41. The van der Waals surface area contributed by atoms with Crippen molar-refractivity contribution in [1.82, 2.24) is 14.9 Å². The number of aryl methyl sites for hydroxylation is 1. The lowest BCUT2D eigenvalue weighted by atomic mass is 10.1. The van der Waals surface area contributed by atoms with Crippen molar-refractivity contribution in [1.29, 1.82) is 0 Å². The molecule has 0 aliphatic heterocycles. The van der Waals surface area contributed by atoms with E-state index in [1.807, 2.05) is 31.2 Å². The van der Waals surface area contributed by atoms with E-state index in [1.54, 1.807) is 12.1 Å². The van der Waals surface area contributed by atoms with Crippen LogP contribution >= 0.6 is 0 Å². The van der Waals surface area contributed by atoms with Crippen molar-refractivity contribution in [3.8, 4) is 17.2 Å². The maximum absolute atomic E-state index is 12.3. The molecule has 1 aromatic heterocycles. The molecule has 0 spiro atoms. The first-order chi connectivity index (χ1) is 12.5. The van der Waals surface area contributed by atoms with Gasteiger partial charge in [-0.2, -0.15) is 0 Å². The highest BCUT2D eigenvalue weighted by molar-refractivity contribution is 7.89. The lowest BCUT2D eigenvalue weighted by Crippen LogP contribution is -2.26. The number of rotatable bonds is 7. The zero-order valence-corrected chi connectivity index (χ0v) is 15.3. The van der Waals surface area contributed by atoms with Gasteiger partial charge in [0.25, 0.3) is 0 Å². The number of ether oxygens (including phenoxy) is 1. The minimum Gasteiger partial charge on any atom is -0.497 e. The van der Waals surface area contributed by atoms with E-state index in [2.05, 4.69) is 14.9 Å². The Kier molecular flexibility index (Phi) is 5.34. The average molecular weight is 373 g/mol. The van der Waals surface area contributed by atoms with Crippen LogP contribution in [0.4, 0.5) is 0 Å². The van der Waals surface area contributed by atoms with E-state index in [0.717, 1.165) is 11.1 Å². The second kappa shape index (κ2) is 7.67. The van der Waals surface area contributed by atoms with Gasteiger partial charge < -0.3 is 9.15 Å². The Hall–Kier alpha value is -2.71. The van der Waals surface area contributed by atoms with Crippen LogP contribution in [0.25, 0.3) is 11.5 Å². The van der Waals surface area contributed by atoms with Gasteiger partial charge >= 0.3 is 0 Å². The minimum absolute atomic E-state index is 0.157. The van der Waals surface area contributed by atoms with Gasteiger partial charge in [0.1, 0.15) is 5.75 Å². The summed E-state index contributed by atoms with van der Waals surface area (Å²) in [5.74, 6) is 1.40. The second-order valence-electron chi connectivity index (χ2n) is 5.64. The van der Waals surface area contributed by atoms with Crippen molar-refractivity contribution >= 4 is 10.0 Å². The van der Waals surface area contributed by atoms with E-state index < -0.39 is 10.0 Å². The molecule has 0 saturated heterocycles. The van der Waals surface area contributed by atoms with E-state index in [1.165, 1.54) is 19.2 Å². The maximum Gasteiger partial charge on any atom is 0.247 e. The first kappa shape index (κ1) is 18.1. The molecule has 0 atom stereocenters. The van der Waals surface area contributed by atoms with Crippen LogP contribution in [-0.2, 0) is 16.4 Å². The van der Waals surface area contributed by atoms with Crippen molar-refractivity contribution in [3.05, 3.63) is 60.0 Å². The van der Waals surface area contributed by atoms with Crippen molar-refractivity contribution in [2.45, 2.75) is 18.2 Å². The summed E-state index contributed by atoms with van der Waals surface area (Å²) in [6.07, 6.45) is 0.300. The molecule has 0 amide bonds. The largest absolute Gasteiger partial charge is 0.497 e. The fourth-order valence-electron chi connectivity index (χ4n) is 2.41. The standard InChI is InChI=1S/C18H19N3O4S/c1-13-5-3-4-6-16(13)18-21-20-17(25-18)11-12-19-26(22,23)15-9-7-14(24-2)8-10-15/h3-10,19H,11-12H2,1-2H3. The van der Waals surface area contributed by atoms with E-state index in [4.69, 9.17) is 9.15 Å². The van der Waals surface area contributed by atoms with Crippen LogP contribution in [0, 0.1) is 6.92 Å². The smallest absolute Gasteiger partial charge is 0.247 e. The fourth-order valence-corrected chi connectivity index (χ4v) is 3.44. The number of benzene rings is 2. The van der Waals surface area contributed by atoms with Crippen LogP contribution < -0.4 is 9.46 Å². The Morgan fingerprint density at radius 1 is 1.08 bits per heavy atom. The molecule has 3 rings (SSSR count). The molecule has 7 nitrogen and oxygen atoms in total. The molecule has 0 fully saturated rings. The molecule has 1 heterocycles. The quantitative estimate of drug-likeness (QED) is 0.684. The fraction of sp³-hybridized carbons (Fsp3) is 0.222. The molecule has 136 valence electrons. The van der Waals surface area contributed by atoms with Crippen LogP contribution in [0.1, 0.15) is 11.5 Å². The summed E-state index contributed by atoms with van der Waals surface area (Å²) in [6, 6.07) is 13.9. The van der Waals surface area contributed by atoms with Gasteiger partial charge in [0, 0.05) is 18.5 Å². The third-order valence-corrected chi connectivity index (χ3v) is 5.32. The molecule has 0 saturated carbocycles.